The molecule has 0 spiro atoms. The summed E-state index contributed by atoms with van der Waals surface area (Å²) in [7, 11) is 0. The van der Waals surface area contributed by atoms with E-state index in [9.17, 15) is 0 Å². The van der Waals surface area contributed by atoms with Crippen LogP contribution in [-0.4, -0.2) is 0 Å². The molecule has 0 aliphatic heterocycles. The van der Waals surface area contributed by atoms with Crippen LogP contribution in [0.25, 0.3) is 55.3 Å². The number of furan rings is 1. The van der Waals surface area contributed by atoms with E-state index in [4.69, 9.17) is 4.42 Å². The van der Waals surface area contributed by atoms with Crippen LogP contribution in [0.3, 0.4) is 0 Å². The van der Waals surface area contributed by atoms with Gasteiger partial charge in [0, 0.05) is 44.2 Å². The van der Waals surface area contributed by atoms with Gasteiger partial charge in [-0.2, -0.15) is 0 Å². The van der Waals surface area contributed by atoms with E-state index in [0.717, 1.165) is 28.2 Å². The summed E-state index contributed by atoms with van der Waals surface area (Å²) in [5.74, 6) is 0. The van der Waals surface area contributed by atoms with Crippen LogP contribution in [0.1, 0.15) is 125 Å². The van der Waals surface area contributed by atoms with Gasteiger partial charge in [0.25, 0.3) is 0 Å². The van der Waals surface area contributed by atoms with Crippen molar-refractivity contribution >= 4 is 39.0 Å². The summed E-state index contributed by atoms with van der Waals surface area (Å²) in [5, 5.41) is 2.39. The molecular formula is C69H61NO. The maximum atomic E-state index is 6.98. The van der Waals surface area contributed by atoms with E-state index in [1.807, 2.05) is 0 Å². The predicted octanol–water partition coefficient (Wildman–Crippen LogP) is 18.6. The Bertz CT molecular complexity index is 3800. The SMILES string of the molecule is CC(C)(C)c1cc(C(C)(C)C)c2oc3cc4c(cc3c2c1)-c1ccc(N(c2cccc(C3(c5ccccc5)c5ccccc5-c5ccccc53)c2)c2ccc3c(c2)C(C)(C)c2ccccc2-3)cc1C4(C)C. The van der Waals surface area contributed by atoms with Gasteiger partial charge in [-0.05, 0) is 149 Å². The van der Waals surface area contributed by atoms with Gasteiger partial charge in [-0.15, -0.1) is 0 Å². The van der Waals surface area contributed by atoms with Gasteiger partial charge < -0.3 is 9.32 Å². The highest BCUT2D eigenvalue weighted by atomic mass is 16.3. The quantitative estimate of drug-likeness (QED) is 0.171. The van der Waals surface area contributed by atoms with E-state index < -0.39 is 5.41 Å². The molecule has 0 amide bonds. The molecule has 0 bridgehead atoms. The lowest BCUT2D eigenvalue weighted by Crippen LogP contribution is -2.28. The molecule has 1 heterocycles. The number of hydrogen-bond acceptors (Lipinski definition) is 2. The van der Waals surface area contributed by atoms with Crippen molar-refractivity contribution in [3.8, 4) is 33.4 Å². The first-order chi connectivity index (χ1) is 34.0. The summed E-state index contributed by atoms with van der Waals surface area (Å²) in [4.78, 5) is 2.52. The lowest BCUT2D eigenvalue weighted by Gasteiger charge is -2.35. The molecule has 13 rings (SSSR count). The summed E-state index contributed by atoms with van der Waals surface area (Å²) >= 11 is 0. The first-order valence-electron chi connectivity index (χ1n) is 25.6. The summed E-state index contributed by atoms with van der Waals surface area (Å²) in [6.07, 6.45) is 0. The zero-order valence-corrected chi connectivity index (χ0v) is 42.8. The minimum absolute atomic E-state index is 0.00231. The van der Waals surface area contributed by atoms with Gasteiger partial charge in [0.2, 0.25) is 0 Å². The Balaban J connectivity index is 1.03. The summed E-state index contributed by atoms with van der Waals surface area (Å²) in [6.45, 7) is 23.4. The molecule has 0 fully saturated rings. The normalized spacial score (nSPS) is 15.5. The number of fused-ring (bicyclic) bond motifs is 12. The second-order valence-electron chi connectivity index (χ2n) is 23.7. The molecule has 71 heavy (non-hydrogen) atoms. The van der Waals surface area contributed by atoms with Gasteiger partial charge in [0.1, 0.15) is 11.2 Å². The van der Waals surface area contributed by atoms with Crippen molar-refractivity contribution in [2.75, 3.05) is 4.90 Å². The molecule has 10 aromatic rings. The van der Waals surface area contributed by atoms with Crippen molar-refractivity contribution in [1.29, 1.82) is 0 Å². The maximum Gasteiger partial charge on any atom is 0.139 e. The second-order valence-corrected chi connectivity index (χ2v) is 23.7. The number of benzene rings is 9. The average Bonchev–Trinajstić information content (AvgIpc) is 4.02. The minimum atomic E-state index is -0.526. The second kappa shape index (κ2) is 14.8. The molecule has 3 aliphatic rings. The van der Waals surface area contributed by atoms with Crippen LogP contribution in [0, 0.1) is 0 Å². The molecule has 0 saturated heterocycles. The van der Waals surface area contributed by atoms with E-state index >= 15 is 0 Å². The number of nitrogens with zero attached hydrogens (tertiary/aromatic N) is 1. The first-order valence-corrected chi connectivity index (χ1v) is 25.6. The fourth-order valence-corrected chi connectivity index (χ4v) is 13.1. The Morgan fingerprint density at radius 3 is 1.46 bits per heavy atom. The topological polar surface area (TPSA) is 16.4 Å². The summed E-state index contributed by atoms with van der Waals surface area (Å²) in [6, 6.07) is 71.6. The zero-order valence-electron chi connectivity index (χ0n) is 42.8. The molecule has 2 heteroatoms. The van der Waals surface area contributed by atoms with Gasteiger partial charge in [-0.1, -0.05) is 203 Å². The van der Waals surface area contributed by atoms with Gasteiger partial charge in [-0.25, -0.2) is 0 Å². The third kappa shape index (κ3) is 6.13. The molecule has 2 nitrogen and oxygen atoms in total. The van der Waals surface area contributed by atoms with Crippen molar-refractivity contribution in [2.24, 2.45) is 0 Å². The standard InChI is InChI=1S/C69H61NO/c1-65(2,3)44-36-55-54-40-53-52-34-32-47(39-60(52)68(9,10)61(53)41-63(54)71-64(55)62(37-44)66(4,5)6)70(46-31-33-51-48-25-14-17-28-56(48)67(7,8)59(51)38-46)45-24-20-23-43(35-45)69(42-21-12-11-13-22-42)57-29-18-15-26-49(57)50-27-16-19-30-58(50)69/h11-41H,1-10H3. The Morgan fingerprint density at radius 1 is 0.366 bits per heavy atom. The summed E-state index contributed by atoms with van der Waals surface area (Å²) in [5.41, 5.74) is 25.2. The van der Waals surface area contributed by atoms with Crippen molar-refractivity contribution in [2.45, 2.75) is 96.3 Å². The minimum Gasteiger partial charge on any atom is -0.456 e. The molecule has 1 aromatic heterocycles. The van der Waals surface area contributed by atoms with Crippen LogP contribution >= 0.6 is 0 Å². The molecule has 0 saturated carbocycles. The number of hydrogen-bond donors (Lipinski definition) is 0. The Morgan fingerprint density at radius 2 is 0.859 bits per heavy atom. The van der Waals surface area contributed by atoms with Crippen molar-refractivity contribution in [1.82, 2.24) is 0 Å². The van der Waals surface area contributed by atoms with E-state index in [1.165, 1.54) is 99.8 Å². The average molecular weight is 920 g/mol. The lowest BCUT2D eigenvalue weighted by molar-refractivity contribution is 0.559. The van der Waals surface area contributed by atoms with Gasteiger partial charge >= 0.3 is 0 Å². The van der Waals surface area contributed by atoms with Crippen molar-refractivity contribution < 1.29 is 4.42 Å². The van der Waals surface area contributed by atoms with Crippen molar-refractivity contribution in [3.63, 3.8) is 0 Å². The number of rotatable bonds is 5. The molecular weight excluding hydrogens is 859 g/mol. The van der Waals surface area contributed by atoms with Crippen LogP contribution in [0.15, 0.2) is 192 Å². The van der Waals surface area contributed by atoms with E-state index in [0.29, 0.717) is 0 Å². The summed E-state index contributed by atoms with van der Waals surface area (Å²) < 4.78 is 6.98. The van der Waals surface area contributed by atoms with Crippen molar-refractivity contribution in [3.05, 3.63) is 244 Å². The van der Waals surface area contributed by atoms with Gasteiger partial charge in [-0.3, -0.25) is 0 Å². The highest BCUT2D eigenvalue weighted by Crippen LogP contribution is 2.58. The third-order valence-corrected chi connectivity index (χ3v) is 16.8. The molecule has 348 valence electrons. The fourth-order valence-electron chi connectivity index (χ4n) is 13.1. The van der Waals surface area contributed by atoms with Crippen LogP contribution in [0.2, 0.25) is 0 Å². The lowest BCUT2D eigenvalue weighted by atomic mass is 9.67. The Hall–Kier alpha value is -7.42. The first kappa shape index (κ1) is 43.6. The third-order valence-electron chi connectivity index (χ3n) is 16.8. The predicted molar refractivity (Wildman–Crippen MR) is 298 cm³/mol. The van der Waals surface area contributed by atoms with E-state index in [1.54, 1.807) is 0 Å². The molecule has 0 radical (unpaired) electrons. The Labute approximate surface area is 419 Å². The van der Waals surface area contributed by atoms with Crippen LogP contribution in [0.4, 0.5) is 17.1 Å². The largest absolute Gasteiger partial charge is 0.456 e. The molecule has 0 N–H and O–H groups in total. The Kier molecular flexibility index (Phi) is 9.09. The van der Waals surface area contributed by atoms with Crippen LogP contribution < -0.4 is 4.90 Å². The highest BCUT2D eigenvalue weighted by Gasteiger charge is 2.46. The van der Waals surface area contributed by atoms with Gasteiger partial charge in [0.15, 0.2) is 0 Å². The molecule has 0 unspecified atom stereocenters. The smallest absolute Gasteiger partial charge is 0.139 e. The van der Waals surface area contributed by atoms with Gasteiger partial charge in [0.05, 0.1) is 5.41 Å². The molecule has 0 atom stereocenters. The highest BCUT2D eigenvalue weighted by molar-refractivity contribution is 6.09. The zero-order chi connectivity index (χ0) is 49.0. The maximum absolute atomic E-state index is 6.98. The fraction of sp³-hybridized carbons (Fsp3) is 0.217. The molecule has 3 aliphatic carbocycles. The van der Waals surface area contributed by atoms with E-state index in [2.05, 4.69) is 262 Å². The monoisotopic (exact) mass is 919 g/mol. The van der Waals surface area contributed by atoms with Crippen LogP contribution in [0.5, 0.6) is 0 Å². The van der Waals surface area contributed by atoms with E-state index in [-0.39, 0.29) is 21.7 Å². The number of anilines is 3. The van der Waals surface area contributed by atoms with Crippen LogP contribution in [-0.2, 0) is 27.1 Å². The molecule has 9 aromatic carbocycles.